The van der Waals surface area contributed by atoms with Crippen LogP contribution >= 0.6 is 0 Å². The third kappa shape index (κ3) is 5.96. The van der Waals surface area contributed by atoms with E-state index in [1.54, 1.807) is 18.2 Å². The summed E-state index contributed by atoms with van der Waals surface area (Å²) in [5.74, 6) is -1.86. The molecule has 3 N–H and O–H groups in total. The highest BCUT2D eigenvalue weighted by Gasteiger charge is 2.23. The van der Waals surface area contributed by atoms with E-state index < -0.39 is 22.8 Å². The van der Waals surface area contributed by atoms with Gasteiger partial charge < -0.3 is 25.0 Å². The van der Waals surface area contributed by atoms with Crippen LogP contribution in [0.25, 0.3) is 11.0 Å². The van der Waals surface area contributed by atoms with Crippen molar-refractivity contribution in [3.63, 3.8) is 0 Å². The first kappa shape index (κ1) is 24.8. The second-order valence-corrected chi connectivity index (χ2v) is 7.63. The highest BCUT2D eigenvalue weighted by Crippen LogP contribution is 2.26. The van der Waals surface area contributed by atoms with Crippen LogP contribution in [0.2, 0.25) is 0 Å². The molecule has 0 aliphatic heterocycles. The molecule has 0 aliphatic rings. The minimum atomic E-state index is -0.741. The Bertz CT molecular complexity index is 1240. The van der Waals surface area contributed by atoms with Gasteiger partial charge in [0.15, 0.2) is 5.75 Å². The maximum atomic E-state index is 13.2. The molecule has 0 fully saturated rings. The Labute approximate surface area is 195 Å². The van der Waals surface area contributed by atoms with Gasteiger partial charge in [-0.05, 0) is 42.7 Å². The van der Waals surface area contributed by atoms with E-state index in [-0.39, 0.29) is 43.5 Å². The monoisotopic (exact) mass is 470 g/mol. The number of benzene rings is 1. The van der Waals surface area contributed by atoms with E-state index >= 15 is 0 Å². The van der Waals surface area contributed by atoms with Gasteiger partial charge in [0.2, 0.25) is 5.91 Å². The van der Waals surface area contributed by atoms with Gasteiger partial charge in [-0.2, -0.15) is 0 Å². The van der Waals surface area contributed by atoms with Gasteiger partial charge >= 0.3 is 0 Å². The molecule has 3 aromatic rings. The molecule has 2 amide bonds. The molecule has 3 rings (SSSR count). The SMILES string of the molecule is CCOCCNC(=O)c1c(O)c2ncc(Cc3ccc(F)cc3)cc2n(CCNC(C)=O)c1=O. The van der Waals surface area contributed by atoms with Crippen molar-refractivity contribution in [1.29, 1.82) is 0 Å². The van der Waals surface area contributed by atoms with Crippen LogP contribution in [0.4, 0.5) is 4.39 Å². The number of nitrogens with one attached hydrogen (secondary N) is 2. The van der Waals surface area contributed by atoms with Crippen molar-refractivity contribution in [3.05, 3.63) is 69.4 Å². The lowest BCUT2D eigenvalue weighted by atomic mass is 10.1. The van der Waals surface area contributed by atoms with Gasteiger partial charge in [0, 0.05) is 39.4 Å². The molecule has 0 spiro atoms. The van der Waals surface area contributed by atoms with Crippen LogP contribution in [0.15, 0.2) is 41.3 Å². The first-order valence-electron chi connectivity index (χ1n) is 10.9. The van der Waals surface area contributed by atoms with Crippen molar-refractivity contribution in [3.8, 4) is 5.75 Å². The van der Waals surface area contributed by atoms with E-state index in [9.17, 15) is 23.9 Å². The summed E-state index contributed by atoms with van der Waals surface area (Å²) in [6.07, 6.45) is 1.95. The summed E-state index contributed by atoms with van der Waals surface area (Å²) in [4.78, 5) is 41.6. The Balaban J connectivity index is 2.03. The van der Waals surface area contributed by atoms with Crippen LogP contribution in [0, 0.1) is 5.82 Å². The number of fused-ring (bicyclic) bond motifs is 1. The minimum Gasteiger partial charge on any atom is -0.505 e. The number of aromatic hydroxyl groups is 1. The molecule has 0 saturated heterocycles. The molecule has 9 nitrogen and oxygen atoms in total. The van der Waals surface area contributed by atoms with Crippen LogP contribution in [0.5, 0.6) is 5.75 Å². The van der Waals surface area contributed by atoms with Crippen molar-refractivity contribution in [2.24, 2.45) is 0 Å². The average Bonchev–Trinajstić information content (AvgIpc) is 2.80. The normalized spacial score (nSPS) is 10.9. The van der Waals surface area contributed by atoms with E-state index in [0.29, 0.717) is 18.5 Å². The number of ether oxygens (including phenoxy) is 1. The molecular weight excluding hydrogens is 443 g/mol. The van der Waals surface area contributed by atoms with Crippen molar-refractivity contribution in [2.75, 3.05) is 26.3 Å². The molecule has 34 heavy (non-hydrogen) atoms. The highest BCUT2D eigenvalue weighted by atomic mass is 19.1. The lowest BCUT2D eigenvalue weighted by molar-refractivity contribution is -0.118. The van der Waals surface area contributed by atoms with Gasteiger partial charge in [-0.25, -0.2) is 4.39 Å². The number of pyridine rings is 2. The van der Waals surface area contributed by atoms with Crippen molar-refractivity contribution < 1.29 is 23.8 Å². The molecule has 0 saturated carbocycles. The first-order chi connectivity index (χ1) is 16.3. The molecule has 0 radical (unpaired) electrons. The molecule has 0 aliphatic carbocycles. The maximum absolute atomic E-state index is 13.2. The molecular formula is C24H27FN4O5. The van der Waals surface area contributed by atoms with E-state index in [1.165, 1.54) is 29.8 Å². The van der Waals surface area contributed by atoms with Crippen LogP contribution in [-0.4, -0.2) is 52.8 Å². The first-order valence-corrected chi connectivity index (χ1v) is 10.9. The van der Waals surface area contributed by atoms with E-state index in [0.717, 1.165) is 11.1 Å². The highest BCUT2D eigenvalue weighted by molar-refractivity contribution is 6.01. The largest absolute Gasteiger partial charge is 0.505 e. The number of carbonyl (C=O) groups is 2. The molecule has 180 valence electrons. The lowest BCUT2D eigenvalue weighted by Crippen LogP contribution is -2.36. The molecule has 2 aromatic heterocycles. The summed E-state index contributed by atoms with van der Waals surface area (Å²) >= 11 is 0. The molecule has 1 aromatic carbocycles. The number of amides is 2. The Morgan fingerprint density at radius 2 is 1.88 bits per heavy atom. The van der Waals surface area contributed by atoms with Gasteiger partial charge in [0.25, 0.3) is 11.5 Å². The topological polar surface area (TPSA) is 123 Å². The fraction of sp³-hybridized carbons (Fsp3) is 0.333. The number of hydrogen-bond donors (Lipinski definition) is 3. The minimum absolute atomic E-state index is 0.0656. The van der Waals surface area contributed by atoms with E-state index in [1.807, 2.05) is 6.92 Å². The molecule has 10 heteroatoms. The quantitative estimate of drug-likeness (QED) is 0.388. The fourth-order valence-electron chi connectivity index (χ4n) is 3.52. The zero-order chi connectivity index (χ0) is 24.7. The number of carbonyl (C=O) groups excluding carboxylic acids is 2. The summed E-state index contributed by atoms with van der Waals surface area (Å²) in [6, 6.07) is 7.70. The summed E-state index contributed by atoms with van der Waals surface area (Å²) in [7, 11) is 0. The third-order valence-electron chi connectivity index (χ3n) is 5.13. The maximum Gasteiger partial charge on any atom is 0.267 e. The van der Waals surface area contributed by atoms with Crippen LogP contribution in [-0.2, 0) is 22.5 Å². The standard InChI is InChI=1S/C24H27FN4O5/c1-3-34-11-9-27-23(32)20-22(31)21-19(29(24(20)33)10-8-26-15(2)30)13-17(14-28-21)12-16-4-6-18(25)7-5-16/h4-7,13-14,31H,3,8-12H2,1-2H3,(H,26,30)(H,27,32). The van der Waals surface area contributed by atoms with Crippen LogP contribution < -0.4 is 16.2 Å². The predicted molar refractivity (Wildman–Crippen MR) is 124 cm³/mol. The third-order valence-corrected chi connectivity index (χ3v) is 5.13. The zero-order valence-corrected chi connectivity index (χ0v) is 19.1. The number of aromatic nitrogens is 2. The predicted octanol–water partition coefficient (Wildman–Crippen LogP) is 1.73. The molecule has 2 heterocycles. The van der Waals surface area contributed by atoms with E-state index in [2.05, 4.69) is 15.6 Å². The van der Waals surface area contributed by atoms with Gasteiger partial charge in [-0.3, -0.25) is 19.4 Å². The summed E-state index contributed by atoms with van der Waals surface area (Å²) in [5, 5.41) is 16.0. The summed E-state index contributed by atoms with van der Waals surface area (Å²) in [6.45, 7) is 4.30. The second-order valence-electron chi connectivity index (χ2n) is 7.63. The molecule has 0 bridgehead atoms. The average molecular weight is 471 g/mol. The Morgan fingerprint density at radius 3 is 2.56 bits per heavy atom. The number of hydrogen-bond acceptors (Lipinski definition) is 6. The van der Waals surface area contributed by atoms with Gasteiger partial charge in [-0.1, -0.05) is 12.1 Å². The number of halogens is 1. The summed E-state index contributed by atoms with van der Waals surface area (Å²) < 4.78 is 19.7. The summed E-state index contributed by atoms with van der Waals surface area (Å²) in [5.41, 5.74) is 0.832. The Morgan fingerprint density at radius 1 is 1.15 bits per heavy atom. The Hall–Kier alpha value is -3.79. The van der Waals surface area contributed by atoms with Crippen LogP contribution in [0.1, 0.15) is 35.3 Å². The van der Waals surface area contributed by atoms with Crippen molar-refractivity contribution >= 4 is 22.8 Å². The molecule has 0 unspecified atom stereocenters. The lowest BCUT2D eigenvalue weighted by Gasteiger charge is -2.16. The van der Waals surface area contributed by atoms with Crippen molar-refractivity contribution in [1.82, 2.24) is 20.2 Å². The number of rotatable bonds is 10. The van der Waals surface area contributed by atoms with Gasteiger partial charge in [0.1, 0.15) is 16.9 Å². The smallest absolute Gasteiger partial charge is 0.267 e. The Kier molecular flexibility index (Phi) is 8.31. The van der Waals surface area contributed by atoms with E-state index in [4.69, 9.17) is 4.74 Å². The molecule has 0 atom stereocenters. The van der Waals surface area contributed by atoms with Gasteiger partial charge in [0.05, 0.1) is 12.1 Å². The number of nitrogens with zero attached hydrogens (tertiary/aromatic N) is 2. The van der Waals surface area contributed by atoms with Crippen molar-refractivity contribution in [2.45, 2.75) is 26.8 Å². The second kappa shape index (κ2) is 11.4. The van der Waals surface area contributed by atoms with Crippen LogP contribution in [0.3, 0.4) is 0 Å². The fourth-order valence-corrected chi connectivity index (χ4v) is 3.52. The van der Waals surface area contributed by atoms with Gasteiger partial charge in [-0.15, -0.1) is 0 Å². The zero-order valence-electron chi connectivity index (χ0n) is 19.1.